The minimum atomic E-state index is -0.682. The van der Waals surface area contributed by atoms with E-state index in [-0.39, 0.29) is 22.6 Å². The molecule has 0 saturated carbocycles. The summed E-state index contributed by atoms with van der Waals surface area (Å²) < 4.78 is 0. The molecule has 2 N–H and O–H groups in total. The van der Waals surface area contributed by atoms with Crippen LogP contribution < -0.4 is 5.73 Å². The van der Waals surface area contributed by atoms with Gasteiger partial charge in [-0.05, 0) is 34.9 Å². The molecule has 0 fully saturated rings. The Kier molecular flexibility index (Phi) is 4.45. The molecule has 0 unspecified atom stereocenters. The second kappa shape index (κ2) is 6.69. The highest BCUT2D eigenvalue weighted by molar-refractivity contribution is 6.68. The van der Waals surface area contributed by atoms with E-state index >= 15 is 0 Å². The summed E-state index contributed by atoms with van der Waals surface area (Å²) in [5, 5.41) is -0.682. The van der Waals surface area contributed by atoms with Crippen LogP contribution in [0.3, 0.4) is 0 Å². The highest BCUT2D eigenvalue weighted by Crippen LogP contribution is 2.28. The van der Waals surface area contributed by atoms with Crippen LogP contribution >= 0.6 is 11.6 Å². The molecule has 0 amide bonds. The summed E-state index contributed by atoms with van der Waals surface area (Å²) in [5.74, 6) is -0.244. The number of carbonyl (C=O) groups excluding carboxylic acids is 2. The SMILES string of the molecule is Nc1c(C(=O)Cl)cccc1C(=O)c1ccccc1-c1ccccc1. The second-order valence-electron chi connectivity index (χ2n) is 5.28. The smallest absolute Gasteiger partial charge is 0.254 e. The zero-order valence-electron chi connectivity index (χ0n) is 12.7. The van der Waals surface area contributed by atoms with Crippen molar-refractivity contribution in [2.24, 2.45) is 0 Å². The predicted molar refractivity (Wildman–Crippen MR) is 96.3 cm³/mol. The lowest BCUT2D eigenvalue weighted by molar-refractivity contribution is 0.104. The Balaban J connectivity index is 2.13. The minimum Gasteiger partial charge on any atom is -0.398 e. The molecule has 0 aromatic heterocycles. The van der Waals surface area contributed by atoms with Gasteiger partial charge in [0.05, 0.1) is 11.3 Å². The zero-order valence-corrected chi connectivity index (χ0v) is 13.5. The van der Waals surface area contributed by atoms with Gasteiger partial charge in [-0.25, -0.2) is 0 Å². The van der Waals surface area contributed by atoms with Crippen molar-refractivity contribution in [3.05, 3.63) is 89.5 Å². The predicted octanol–water partition coefficient (Wildman–Crippen LogP) is 4.55. The molecule has 0 spiro atoms. The first-order valence-corrected chi connectivity index (χ1v) is 7.75. The van der Waals surface area contributed by atoms with E-state index in [2.05, 4.69) is 0 Å². The first-order valence-electron chi connectivity index (χ1n) is 7.37. The lowest BCUT2D eigenvalue weighted by Gasteiger charge is -2.11. The molecule has 0 bridgehead atoms. The highest BCUT2D eigenvalue weighted by Gasteiger charge is 2.19. The molecule has 0 aliphatic heterocycles. The molecule has 0 aliphatic carbocycles. The van der Waals surface area contributed by atoms with Crippen molar-refractivity contribution in [3.63, 3.8) is 0 Å². The molecule has 3 aromatic rings. The molecule has 0 atom stereocenters. The Morgan fingerprint density at radius 2 is 1.29 bits per heavy atom. The fraction of sp³-hybridized carbons (Fsp3) is 0. The van der Waals surface area contributed by atoms with E-state index in [0.29, 0.717) is 5.56 Å². The van der Waals surface area contributed by atoms with Crippen molar-refractivity contribution in [1.82, 2.24) is 0 Å². The van der Waals surface area contributed by atoms with Crippen LogP contribution in [0.1, 0.15) is 26.3 Å². The van der Waals surface area contributed by atoms with E-state index in [1.807, 2.05) is 42.5 Å². The number of anilines is 1. The molecule has 118 valence electrons. The van der Waals surface area contributed by atoms with Gasteiger partial charge in [-0.1, -0.05) is 60.7 Å². The molecule has 4 heteroatoms. The van der Waals surface area contributed by atoms with Gasteiger partial charge in [0.25, 0.3) is 5.24 Å². The normalized spacial score (nSPS) is 10.4. The molecule has 0 aliphatic rings. The van der Waals surface area contributed by atoms with Crippen LogP contribution in [0.15, 0.2) is 72.8 Å². The molecular weight excluding hydrogens is 322 g/mol. The van der Waals surface area contributed by atoms with Crippen molar-refractivity contribution in [2.75, 3.05) is 5.73 Å². The second-order valence-corrected chi connectivity index (χ2v) is 5.62. The van der Waals surface area contributed by atoms with E-state index in [9.17, 15) is 9.59 Å². The maximum absolute atomic E-state index is 13.0. The van der Waals surface area contributed by atoms with Crippen molar-refractivity contribution in [1.29, 1.82) is 0 Å². The summed E-state index contributed by atoms with van der Waals surface area (Å²) in [6.07, 6.45) is 0. The summed E-state index contributed by atoms with van der Waals surface area (Å²) in [5.41, 5.74) is 8.76. The highest BCUT2D eigenvalue weighted by atomic mass is 35.5. The molecule has 0 radical (unpaired) electrons. The number of hydrogen-bond donors (Lipinski definition) is 1. The van der Waals surface area contributed by atoms with Gasteiger partial charge in [-0.3, -0.25) is 9.59 Å². The lowest BCUT2D eigenvalue weighted by Crippen LogP contribution is -2.10. The van der Waals surface area contributed by atoms with Gasteiger partial charge in [0.2, 0.25) is 0 Å². The summed E-state index contributed by atoms with van der Waals surface area (Å²) in [6, 6.07) is 21.6. The maximum Gasteiger partial charge on any atom is 0.254 e. The average Bonchev–Trinajstić information content (AvgIpc) is 2.62. The third-order valence-electron chi connectivity index (χ3n) is 3.82. The summed E-state index contributed by atoms with van der Waals surface area (Å²) in [6.45, 7) is 0. The zero-order chi connectivity index (χ0) is 17.1. The first-order chi connectivity index (χ1) is 11.6. The van der Waals surface area contributed by atoms with Crippen LogP contribution in [-0.2, 0) is 0 Å². The van der Waals surface area contributed by atoms with Crippen molar-refractivity contribution < 1.29 is 9.59 Å². The Bertz CT molecular complexity index is 920. The molecule has 0 saturated heterocycles. The summed E-state index contributed by atoms with van der Waals surface area (Å²) in [4.78, 5) is 24.4. The Hall–Kier alpha value is -2.91. The molecular formula is C20H14ClNO2. The number of rotatable bonds is 4. The third kappa shape index (κ3) is 2.94. The van der Waals surface area contributed by atoms with E-state index in [4.69, 9.17) is 17.3 Å². The molecule has 3 nitrogen and oxygen atoms in total. The van der Waals surface area contributed by atoms with Gasteiger partial charge in [0, 0.05) is 11.1 Å². The topological polar surface area (TPSA) is 60.2 Å². The molecule has 3 aromatic carbocycles. The van der Waals surface area contributed by atoms with Gasteiger partial charge in [0.15, 0.2) is 5.78 Å². The summed E-state index contributed by atoms with van der Waals surface area (Å²) in [7, 11) is 0. The third-order valence-corrected chi connectivity index (χ3v) is 4.02. The van der Waals surface area contributed by atoms with Crippen molar-refractivity contribution >= 4 is 28.3 Å². The van der Waals surface area contributed by atoms with Crippen molar-refractivity contribution in [2.45, 2.75) is 0 Å². The standard InChI is InChI=1S/C20H14ClNO2/c21-20(24)17-12-6-11-16(18(17)22)19(23)15-10-5-4-9-14(15)13-7-2-1-3-8-13/h1-12H,22H2. The van der Waals surface area contributed by atoms with Gasteiger partial charge >= 0.3 is 0 Å². The quantitative estimate of drug-likeness (QED) is 0.432. The van der Waals surface area contributed by atoms with Gasteiger partial charge in [-0.2, -0.15) is 0 Å². The Morgan fingerprint density at radius 1 is 0.708 bits per heavy atom. The molecule has 0 heterocycles. The lowest BCUT2D eigenvalue weighted by atomic mass is 9.92. The summed E-state index contributed by atoms with van der Waals surface area (Å²) >= 11 is 5.53. The van der Waals surface area contributed by atoms with E-state index in [1.54, 1.807) is 24.3 Å². The first kappa shape index (κ1) is 16.0. The number of halogens is 1. The van der Waals surface area contributed by atoms with Crippen LogP contribution in [0.5, 0.6) is 0 Å². The van der Waals surface area contributed by atoms with E-state index in [1.165, 1.54) is 6.07 Å². The van der Waals surface area contributed by atoms with Crippen molar-refractivity contribution in [3.8, 4) is 11.1 Å². The molecule has 24 heavy (non-hydrogen) atoms. The number of nitrogens with two attached hydrogens (primary N) is 1. The number of para-hydroxylation sites is 1. The monoisotopic (exact) mass is 335 g/mol. The fourth-order valence-electron chi connectivity index (χ4n) is 2.63. The van der Waals surface area contributed by atoms with Gasteiger partial charge in [0.1, 0.15) is 0 Å². The maximum atomic E-state index is 13.0. The van der Waals surface area contributed by atoms with Gasteiger partial charge in [-0.15, -0.1) is 0 Å². The molecule has 3 rings (SSSR count). The Labute approximate surface area is 144 Å². The average molecular weight is 336 g/mol. The number of carbonyl (C=O) groups is 2. The fourth-order valence-corrected chi connectivity index (χ4v) is 2.80. The van der Waals surface area contributed by atoms with Crippen LogP contribution in [0, 0.1) is 0 Å². The van der Waals surface area contributed by atoms with Gasteiger partial charge < -0.3 is 5.73 Å². The number of benzene rings is 3. The van der Waals surface area contributed by atoms with Crippen LogP contribution in [-0.4, -0.2) is 11.0 Å². The number of nitrogen functional groups attached to an aromatic ring is 1. The largest absolute Gasteiger partial charge is 0.398 e. The van der Waals surface area contributed by atoms with Crippen LogP contribution in [0.25, 0.3) is 11.1 Å². The van der Waals surface area contributed by atoms with E-state index < -0.39 is 5.24 Å². The minimum absolute atomic E-state index is 0.102. The number of ketones is 1. The van der Waals surface area contributed by atoms with Crippen LogP contribution in [0.4, 0.5) is 5.69 Å². The van der Waals surface area contributed by atoms with E-state index in [0.717, 1.165) is 11.1 Å². The van der Waals surface area contributed by atoms with Crippen LogP contribution in [0.2, 0.25) is 0 Å². The number of hydrogen-bond acceptors (Lipinski definition) is 3. The Morgan fingerprint density at radius 3 is 2.00 bits per heavy atom.